The number of rotatable bonds is 4. The van der Waals surface area contributed by atoms with E-state index in [4.69, 9.17) is 6.42 Å². The SMILES string of the molecule is C#CC(CCC)N1C(=O)CC(C)(c2ccccc2)C1=O. The second-order valence-electron chi connectivity index (χ2n) is 5.41. The van der Waals surface area contributed by atoms with Gasteiger partial charge in [-0.05, 0) is 18.9 Å². The Morgan fingerprint density at radius 2 is 2.00 bits per heavy atom. The first-order valence-corrected chi connectivity index (χ1v) is 6.92. The van der Waals surface area contributed by atoms with Gasteiger partial charge < -0.3 is 0 Å². The average molecular weight is 269 g/mol. The number of likely N-dealkylation sites (tertiary alicyclic amines) is 1. The summed E-state index contributed by atoms with van der Waals surface area (Å²) < 4.78 is 0. The Bertz CT molecular complexity index is 558. The fraction of sp³-hybridized carbons (Fsp3) is 0.412. The Balaban J connectivity index is 2.36. The highest BCUT2D eigenvalue weighted by Crippen LogP contribution is 2.37. The largest absolute Gasteiger partial charge is 0.274 e. The molecule has 2 unspecified atom stereocenters. The highest BCUT2D eigenvalue weighted by molar-refractivity contribution is 6.09. The highest BCUT2D eigenvalue weighted by atomic mass is 16.2. The van der Waals surface area contributed by atoms with Gasteiger partial charge in [0.25, 0.3) is 0 Å². The molecular formula is C17H19NO2. The molecule has 1 aliphatic heterocycles. The molecule has 20 heavy (non-hydrogen) atoms. The lowest BCUT2D eigenvalue weighted by Gasteiger charge is -2.25. The van der Waals surface area contributed by atoms with Crippen LogP contribution in [0.1, 0.15) is 38.7 Å². The van der Waals surface area contributed by atoms with Gasteiger partial charge in [-0.25, -0.2) is 0 Å². The minimum atomic E-state index is -0.790. The Hall–Kier alpha value is -2.08. The van der Waals surface area contributed by atoms with E-state index in [1.54, 1.807) is 0 Å². The van der Waals surface area contributed by atoms with Crippen molar-refractivity contribution in [2.24, 2.45) is 0 Å². The molecule has 0 radical (unpaired) electrons. The van der Waals surface area contributed by atoms with Crippen LogP contribution in [0.4, 0.5) is 0 Å². The molecule has 0 saturated carbocycles. The van der Waals surface area contributed by atoms with E-state index in [1.165, 1.54) is 4.90 Å². The van der Waals surface area contributed by atoms with Crippen molar-refractivity contribution in [3.8, 4) is 12.3 Å². The maximum atomic E-state index is 12.7. The molecule has 0 bridgehead atoms. The van der Waals surface area contributed by atoms with Crippen molar-refractivity contribution in [1.82, 2.24) is 4.90 Å². The predicted molar refractivity (Wildman–Crippen MR) is 77.8 cm³/mol. The quantitative estimate of drug-likeness (QED) is 0.622. The minimum absolute atomic E-state index is 0.169. The van der Waals surface area contributed by atoms with E-state index in [0.29, 0.717) is 6.42 Å². The van der Waals surface area contributed by atoms with Crippen molar-refractivity contribution in [3.05, 3.63) is 35.9 Å². The number of hydrogen-bond donors (Lipinski definition) is 0. The van der Waals surface area contributed by atoms with E-state index in [1.807, 2.05) is 44.2 Å². The molecule has 0 spiro atoms. The molecule has 2 atom stereocenters. The fourth-order valence-electron chi connectivity index (χ4n) is 2.75. The Kier molecular flexibility index (Phi) is 3.94. The van der Waals surface area contributed by atoms with Gasteiger partial charge in [0.2, 0.25) is 11.8 Å². The van der Waals surface area contributed by atoms with Gasteiger partial charge >= 0.3 is 0 Å². The monoisotopic (exact) mass is 269 g/mol. The van der Waals surface area contributed by atoms with Crippen molar-refractivity contribution >= 4 is 11.8 Å². The molecule has 2 rings (SSSR count). The number of benzene rings is 1. The van der Waals surface area contributed by atoms with Gasteiger partial charge in [-0.15, -0.1) is 6.42 Å². The maximum Gasteiger partial charge on any atom is 0.241 e. The van der Waals surface area contributed by atoms with Gasteiger partial charge in [0, 0.05) is 6.42 Å². The number of carbonyl (C=O) groups excluding carboxylic acids is 2. The molecule has 1 heterocycles. The van der Waals surface area contributed by atoms with E-state index in [-0.39, 0.29) is 18.2 Å². The van der Waals surface area contributed by atoms with Crippen LogP contribution in [0.15, 0.2) is 30.3 Å². The molecule has 0 N–H and O–H groups in total. The molecule has 1 aromatic carbocycles. The van der Waals surface area contributed by atoms with E-state index in [0.717, 1.165) is 12.0 Å². The number of amides is 2. The standard InChI is InChI=1S/C17H19NO2/c1-4-9-14(5-2)18-15(19)12-17(3,16(18)20)13-10-7-6-8-11-13/h2,6-8,10-11,14H,4,9,12H2,1,3H3. The summed E-state index contributed by atoms with van der Waals surface area (Å²) in [4.78, 5) is 26.3. The molecule has 3 heteroatoms. The van der Waals surface area contributed by atoms with Gasteiger partial charge in [-0.1, -0.05) is 49.6 Å². The maximum absolute atomic E-state index is 12.7. The van der Waals surface area contributed by atoms with E-state index in [2.05, 4.69) is 5.92 Å². The van der Waals surface area contributed by atoms with Crippen LogP contribution in [0.5, 0.6) is 0 Å². The summed E-state index contributed by atoms with van der Waals surface area (Å²) in [7, 11) is 0. The lowest BCUT2D eigenvalue weighted by atomic mass is 9.81. The first kappa shape index (κ1) is 14.3. The third-order valence-electron chi connectivity index (χ3n) is 3.94. The summed E-state index contributed by atoms with van der Waals surface area (Å²) in [6.45, 7) is 3.81. The van der Waals surface area contributed by atoms with E-state index < -0.39 is 11.5 Å². The molecule has 1 saturated heterocycles. The van der Waals surface area contributed by atoms with Gasteiger partial charge in [0.15, 0.2) is 0 Å². The zero-order chi connectivity index (χ0) is 14.8. The highest BCUT2D eigenvalue weighted by Gasteiger charge is 2.50. The van der Waals surface area contributed by atoms with E-state index >= 15 is 0 Å². The lowest BCUT2D eigenvalue weighted by molar-refractivity contribution is -0.141. The van der Waals surface area contributed by atoms with E-state index in [9.17, 15) is 9.59 Å². The van der Waals surface area contributed by atoms with Crippen LogP contribution in [0.3, 0.4) is 0 Å². The second kappa shape index (κ2) is 5.50. The lowest BCUT2D eigenvalue weighted by Crippen LogP contribution is -2.42. The van der Waals surface area contributed by atoms with Gasteiger partial charge in [0.1, 0.15) is 6.04 Å². The molecule has 3 nitrogen and oxygen atoms in total. The molecule has 0 aromatic heterocycles. The third kappa shape index (κ3) is 2.22. The van der Waals surface area contributed by atoms with Crippen LogP contribution in [0.2, 0.25) is 0 Å². The number of terminal acetylenes is 1. The first-order chi connectivity index (χ1) is 9.54. The third-order valence-corrected chi connectivity index (χ3v) is 3.94. The average Bonchev–Trinajstić information content (AvgIpc) is 2.69. The summed E-state index contributed by atoms with van der Waals surface area (Å²) in [5.74, 6) is 2.23. The summed E-state index contributed by atoms with van der Waals surface area (Å²) in [6, 6.07) is 9.01. The summed E-state index contributed by atoms with van der Waals surface area (Å²) in [5, 5.41) is 0. The van der Waals surface area contributed by atoms with Crippen LogP contribution in [-0.2, 0) is 15.0 Å². The molecule has 104 valence electrons. The number of imide groups is 1. The van der Waals surface area contributed by atoms with Gasteiger partial charge in [-0.3, -0.25) is 14.5 Å². The zero-order valence-corrected chi connectivity index (χ0v) is 11.9. The smallest absolute Gasteiger partial charge is 0.241 e. The number of nitrogens with zero attached hydrogens (tertiary/aromatic N) is 1. The summed E-state index contributed by atoms with van der Waals surface area (Å²) in [6.07, 6.45) is 7.18. The summed E-state index contributed by atoms with van der Waals surface area (Å²) >= 11 is 0. The molecular weight excluding hydrogens is 250 g/mol. The van der Waals surface area contributed by atoms with Crippen molar-refractivity contribution < 1.29 is 9.59 Å². The van der Waals surface area contributed by atoms with Crippen LogP contribution >= 0.6 is 0 Å². The van der Waals surface area contributed by atoms with Crippen LogP contribution in [0.25, 0.3) is 0 Å². The first-order valence-electron chi connectivity index (χ1n) is 6.92. The molecule has 1 fully saturated rings. The fourth-order valence-corrected chi connectivity index (χ4v) is 2.75. The van der Waals surface area contributed by atoms with Crippen molar-refractivity contribution in [2.75, 3.05) is 0 Å². The molecule has 0 aliphatic carbocycles. The molecule has 1 aromatic rings. The Morgan fingerprint density at radius 1 is 1.35 bits per heavy atom. The van der Waals surface area contributed by atoms with Gasteiger partial charge in [0.05, 0.1) is 5.41 Å². The molecule has 2 amide bonds. The topological polar surface area (TPSA) is 37.4 Å². The number of carbonyl (C=O) groups is 2. The van der Waals surface area contributed by atoms with Crippen molar-refractivity contribution in [2.45, 2.75) is 44.6 Å². The van der Waals surface area contributed by atoms with Crippen molar-refractivity contribution in [1.29, 1.82) is 0 Å². The van der Waals surface area contributed by atoms with Crippen LogP contribution in [-0.4, -0.2) is 22.8 Å². The molecule has 1 aliphatic rings. The summed E-state index contributed by atoms with van der Waals surface area (Å²) in [5.41, 5.74) is 0.0781. The minimum Gasteiger partial charge on any atom is -0.274 e. The van der Waals surface area contributed by atoms with Gasteiger partial charge in [-0.2, -0.15) is 0 Å². The second-order valence-corrected chi connectivity index (χ2v) is 5.41. The number of hydrogen-bond acceptors (Lipinski definition) is 2. The predicted octanol–water partition coefficient (Wildman–Crippen LogP) is 2.51. The zero-order valence-electron chi connectivity index (χ0n) is 11.9. The van der Waals surface area contributed by atoms with Crippen LogP contribution < -0.4 is 0 Å². The van der Waals surface area contributed by atoms with Crippen LogP contribution in [0, 0.1) is 12.3 Å². The Labute approximate surface area is 120 Å². The van der Waals surface area contributed by atoms with Crippen molar-refractivity contribution in [3.63, 3.8) is 0 Å². The normalized spacial score (nSPS) is 23.8. The Morgan fingerprint density at radius 3 is 2.55 bits per heavy atom.